The van der Waals surface area contributed by atoms with Crippen molar-refractivity contribution in [2.75, 3.05) is 20.1 Å². The average molecular weight is 264 g/mol. The summed E-state index contributed by atoms with van der Waals surface area (Å²) in [7, 11) is 2.15. The Labute approximate surface area is 119 Å². The summed E-state index contributed by atoms with van der Waals surface area (Å²) in [6, 6.07) is 0.598. The number of hydrogen-bond acceptors (Lipinski definition) is 2. The minimum Gasteiger partial charge on any atom is -0.315 e. The van der Waals surface area contributed by atoms with Crippen molar-refractivity contribution in [2.24, 2.45) is 0 Å². The minimum atomic E-state index is 0.424. The normalized spacial score (nSPS) is 25.4. The molecule has 0 aromatic rings. The molecule has 0 bridgehead atoms. The fourth-order valence-corrected chi connectivity index (χ4v) is 4.21. The molecule has 1 saturated carbocycles. The van der Waals surface area contributed by atoms with E-state index >= 15 is 0 Å². The third kappa shape index (κ3) is 3.22. The first kappa shape index (κ1) is 15.1. The zero-order valence-electron chi connectivity index (χ0n) is 13.0. The van der Waals surface area contributed by atoms with E-state index in [0.717, 1.165) is 12.8 Å². The summed E-state index contributed by atoms with van der Waals surface area (Å²) < 4.78 is 0. The number of hydrogen-bond donors (Lipinski definition) is 1. The van der Waals surface area contributed by atoms with E-state index < -0.39 is 0 Å². The van der Waals surface area contributed by atoms with Gasteiger partial charge in [0.2, 0.25) is 0 Å². The molecule has 2 nitrogen and oxygen atoms in total. The summed E-state index contributed by atoms with van der Waals surface area (Å²) in [5.41, 5.74) is 1.83. The Bertz CT molecular complexity index is 286. The Morgan fingerprint density at radius 2 is 1.79 bits per heavy atom. The summed E-state index contributed by atoms with van der Waals surface area (Å²) in [4.78, 5) is 2.83. The first-order valence-corrected chi connectivity index (χ1v) is 8.32. The smallest absolute Gasteiger partial charge is 0.0365 e. The summed E-state index contributed by atoms with van der Waals surface area (Å²) >= 11 is 0. The molecule has 0 radical (unpaired) electrons. The van der Waals surface area contributed by atoms with Gasteiger partial charge in [-0.1, -0.05) is 38.3 Å². The van der Waals surface area contributed by atoms with Crippen molar-refractivity contribution < 1.29 is 0 Å². The Morgan fingerprint density at radius 1 is 1.16 bits per heavy atom. The largest absolute Gasteiger partial charge is 0.315 e. The number of likely N-dealkylation sites (N-methyl/N-ethyl adjacent to an activating group) is 1. The molecule has 1 aliphatic carbocycles. The lowest BCUT2D eigenvalue weighted by atomic mass is 9.81. The third-order valence-corrected chi connectivity index (χ3v) is 5.45. The van der Waals surface area contributed by atoms with Crippen LogP contribution < -0.4 is 5.32 Å². The van der Waals surface area contributed by atoms with Gasteiger partial charge < -0.3 is 5.32 Å². The molecule has 1 atom stereocenters. The maximum atomic E-state index is 4.25. The Hall–Kier alpha value is -0.340. The number of nitrogens with zero attached hydrogens (tertiary/aromatic N) is 1. The molecule has 1 N–H and O–H groups in total. The SMILES string of the molecule is C=C(CC)CC(NC)C1(N2CCCCC2)CCCC1. The van der Waals surface area contributed by atoms with Crippen molar-refractivity contribution in [3.63, 3.8) is 0 Å². The molecule has 2 heteroatoms. The number of piperidine rings is 1. The van der Waals surface area contributed by atoms with Gasteiger partial charge >= 0.3 is 0 Å². The quantitative estimate of drug-likeness (QED) is 0.735. The van der Waals surface area contributed by atoms with Crippen LogP contribution in [0, 0.1) is 0 Å². The lowest BCUT2D eigenvalue weighted by molar-refractivity contribution is 0.0388. The molecule has 2 aliphatic rings. The molecule has 1 heterocycles. The van der Waals surface area contributed by atoms with Gasteiger partial charge in [0.25, 0.3) is 0 Å². The molecule has 0 aromatic heterocycles. The number of nitrogens with one attached hydrogen (secondary N) is 1. The van der Waals surface area contributed by atoms with E-state index in [0.29, 0.717) is 11.6 Å². The summed E-state index contributed by atoms with van der Waals surface area (Å²) in [5, 5.41) is 3.64. The van der Waals surface area contributed by atoms with Crippen LogP contribution in [-0.2, 0) is 0 Å². The predicted octanol–water partition coefficient (Wildman–Crippen LogP) is 3.73. The predicted molar refractivity (Wildman–Crippen MR) is 83.5 cm³/mol. The maximum Gasteiger partial charge on any atom is 0.0365 e. The van der Waals surface area contributed by atoms with Gasteiger partial charge in [-0.2, -0.15) is 0 Å². The molecule has 1 unspecified atom stereocenters. The van der Waals surface area contributed by atoms with Crippen LogP contribution in [0.5, 0.6) is 0 Å². The lowest BCUT2D eigenvalue weighted by Gasteiger charge is -2.48. The first-order valence-electron chi connectivity index (χ1n) is 8.32. The monoisotopic (exact) mass is 264 g/mol. The zero-order chi connectivity index (χ0) is 13.7. The van der Waals surface area contributed by atoms with Gasteiger partial charge in [0.05, 0.1) is 0 Å². The fraction of sp³-hybridized carbons (Fsp3) is 0.882. The maximum absolute atomic E-state index is 4.25. The number of rotatable bonds is 6. The third-order valence-electron chi connectivity index (χ3n) is 5.45. The van der Waals surface area contributed by atoms with Gasteiger partial charge in [-0.25, -0.2) is 0 Å². The Kier molecular flexibility index (Phi) is 5.47. The fourth-order valence-electron chi connectivity index (χ4n) is 4.21. The van der Waals surface area contributed by atoms with E-state index in [9.17, 15) is 0 Å². The molecule has 0 amide bonds. The van der Waals surface area contributed by atoms with Crippen LogP contribution in [0.4, 0.5) is 0 Å². The summed E-state index contributed by atoms with van der Waals surface area (Å²) in [6.07, 6.45) is 12.1. The standard InChI is InChI=1S/C17H32N2/c1-4-15(2)14-16(18-3)17(10-6-7-11-17)19-12-8-5-9-13-19/h16,18H,2,4-14H2,1,3H3. The van der Waals surface area contributed by atoms with E-state index in [4.69, 9.17) is 0 Å². The molecular weight excluding hydrogens is 232 g/mol. The van der Waals surface area contributed by atoms with Crippen molar-refractivity contribution in [3.05, 3.63) is 12.2 Å². The first-order chi connectivity index (χ1) is 9.23. The molecule has 19 heavy (non-hydrogen) atoms. The van der Waals surface area contributed by atoms with Gasteiger partial charge in [0.15, 0.2) is 0 Å². The number of likely N-dealkylation sites (tertiary alicyclic amines) is 1. The van der Waals surface area contributed by atoms with Crippen LogP contribution in [0.3, 0.4) is 0 Å². The van der Waals surface area contributed by atoms with Gasteiger partial charge in [-0.05, 0) is 58.7 Å². The Morgan fingerprint density at radius 3 is 2.32 bits per heavy atom. The van der Waals surface area contributed by atoms with Crippen LogP contribution >= 0.6 is 0 Å². The van der Waals surface area contributed by atoms with Crippen molar-refractivity contribution in [1.82, 2.24) is 10.2 Å². The molecule has 2 rings (SSSR count). The van der Waals surface area contributed by atoms with Crippen molar-refractivity contribution in [1.29, 1.82) is 0 Å². The highest BCUT2D eigenvalue weighted by Gasteiger charge is 2.45. The van der Waals surface area contributed by atoms with Gasteiger partial charge in [0.1, 0.15) is 0 Å². The topological polar surface area (TPSA) is 15.3 Å². The minimum absolute atomic E-state index is 0.424. The van der Waals surface area contributed by atoms with E-state index in [2.05, 4.69) is 30.8 Å². The van der Waals surface area contributed by atoms with Crippen LogP contribution in [-0.4, -0.2) is 36.6 Å². The average Bonchev–Trinajstić information content (AvgIpc) is 2.96. The molecule has 0 aromatic carbocycles. The lowest BCUT2D eigenvalue weighted by Crippen LogP contribution is -2.60. The van der Waals surface area contributed by atoms with E-state index in [1.54, 1.807) is 0 Å². The second-order valence-electron chi connectivity index (χ2n) is 6.51. The van der Waals surface area contributed by atoms with Crippen LogP contribution in [0.15, 0.2) is 12.2 Å². The molecule has 110 valence electrons. The zero-order valence-corrected chi connectivity index (χ0v) is 13.0. The molecule has 1 saturated heterocycles. The summed E-state index contributed by atoms with van der Waals surface area (Å²) in [5.74, 6) is 0. The molecular formula is C17H32N2. The van der Waals surface area contributed by atoms with Crippen LogP contribution in [0.1, 0.15) is 64.7 Å². The second-order valence-corrected chi connectivity index (χ2v) is 6.51. The summed E-state index contributed by atoms with van der Waals surface area (Å²) in [6.45, 7) is 9.12. The highest BCUT2D eigenvalue weighted by atomic mass is 15.2. The molecule has 2 fully saturated rings. The van der Waals surface area contributed by atoms with Crippen LogP contribution in [0.2, 0.25) is 0 Å². The van der Waals surface area contributed by atoms with Gasteiger partial charge in [-0.3, -0.25) is 4.90 Å². The van der Waals surface area contributed by atoms with Crippen molar-refractivity contribution in [3.8, 4) is 0 Å². The molecule has 0 spiro atoms. The van der Waals surface area contributed by atoms with E-state index in [1.807, 2.05) is 0 Å². The van der Waals surface area contributed by atoms with Crippen molar-refractivity contribution >= 4 is 0 Å². The Balaban J connectivity index is 2.13. The van der Waals surface area contributed by atoms with E-state index in [-0.39, 0.29) is 0 Å². The van der Waals surface area contributed by atoms with Gasteiger partial charge in [-0.15, -0.1) is 0 Å². The van der Waals surface area contributed by atoms with E-state index in [1.165, 1.54) is 63.6 Å². The molecule has 1 aliphatic heterocycles. The second kappa shape index (κ2) is 6.90. The van der Waals surface area contributed by atoms with Gasteiger partial charge in [0, 0.05) is 11.6 Å². The van der Waals surface area contributed by atoms with Crippen molar-refractivity contribution in [2.45, 2.75) is 76.3 Å². The highest BCUT2D eigenvalue weighted by Crippen LogP contribution is 2.41. The highest BCUT2D eigenvalue weighted by molar-refractivity contribution is 5.09. The van der Waals surface area contributed by atoms with Crippen LogP contribution in [0.25, 0.3) is 0 Å².